The summed E-state index contributed by atoms with van der Waals surface area (Å²) in [5, 5.41) is 0. The quantitative estimate of drug-likeness (QED) is 0.643. The molecule has 0 atom stereocenters. The van der Waals surface area contributed by atoms with E-state index in [0.717, 1.165) is 13.1 Å². The Morgan fingerprint density at radius 3 is 2.08 bits per heavy atom. The summed E-state index contributed by atoms with van der Waals surface area (Å²) in [6.45, 7) is 10.3. The van der Waals surface area contributed by atoms with Gasteiger partial charge in [0.05, 0.1) is 0 Å². The molecule has 1 rings (SSSR count). The second-order valence-electron chi connectivity index (χ2n) is 4.88. The molecule has 1 amide bonds. The highest BCUT2D eigenvalue weighted by atomic mass is 16.2. The number of carbonyl (C=O) groups is 1. The van der Waals surface area contributed by atoms with Crippen molar-refractivity contribution in [2.45, 2.75) is 40.5 Å². The van der Waals surface area contributed by atoms with Gasteiger partial charge in [0.15, 0.2) is 0 Å². The molecule has 1 saturated heterocycles. The number of rotatable bonds is 2. The number of amides is 1. The van der Waals surface area contributed by atoms with E-state index in [4.69, 9.17) is 0 Å². The van der Waals surface area contributed by atoms with E-state index in [0.29, 0.717) is 11.8 Å². The normalized spacial score (nSPS) is 18.4. The van der Waals surface area contributed by atoms with Crippen molar-refractivity contribution in [2.75, 3.05) is 13.1 Å². The third-order valence-electron chi connectivity index (χ3n) is 3.39. The van der Waals surface area contributed by atoms with Crippen molar-refractivity contribution in [3.05, 3.63) is 0 Å². The van der Waals surface area contributed by atoms with Gasteiger partial charge in [0.1, 0.15) is 0 Å². The molecule has 13 heavy (non-hydrogen) atoms. The van der Waals surface area contributed by atoms with Crippen LogP contribution < -0.4 is 0 Å². The zero-order chi connectivity index (χ0) is 10.1. The Balaban J connectivity index is 2.64. The van der Waals surface area contributed by atoms with Crippen LogP contribution in [-0.4, -0.2) is 23.9 Å². The minimum absolute atomic E-state index is 0.190. The molecule has 0 saturated carbocycles. The van der Waals surface area contributed by atoms with Crippen LogP contribution in [0.1, 0.15) is 40.5 Å². The first-order valence-corrected chi connectivity index (χ1v) is 5.25. The van der Waals surface area contributed by atoms with Gasteiger partial charge in [0, 0.05) is 18.5 Å². The summed E-state index contributed by atoms with van der Waals surface area (Å²) < 4.78 is 0. The Hall–Kier alpha value is -0.530. The molecular weight excluding hydrogens is 162 g/mol. The number of nitrogens with zero attached hydrogens (tertiary/aromatic N) is 1. The number of likely N-dealkylation sites (tertiary alicyclic amines) is 1. The lowest BCUT2D eigenvalue weighted by Gasteiger charge is -2.32. The van der Waals surface area contributed by atoms with Crippen molar-refractivity contribution < 1.29 is 4.79 Å². The minimum atomic E-state index is -0.190. The van der Waals surface area contributed by atoms with E-state index >= 15 is 0 Å². The third-order valence-corrected chi connectivity index (χ3v) is 3.39. The minimum Gasteiger partial charge on any atom is -0.342 e. The van der Waals surface area contributed by atoms with Crippen LogP contribution in [0, 0.1) is 11.3 Å². The molecule has 2 nitrogen and oxygen atoms in total. The molecule has 76 valence electrons. The molecule has 0 unspecified atom stereocenters. The summed E-state index contributed by atoms with van der Waals surface area (Å²) in [5.74, 6) is 0.751. The van der Waals surface area contributed by atoms with E-state index < -0.39 is 0 Å². The van der Waals surface area contributed by atoms with Gasteiger partial charge in [0.2, 0.25) is 5.91 Å². The van der Waals surface area contributed by atoms with Crippen molar-refractivity contribution in [2.24, 2.45) is 11.3 Å². The maximum Gasteiger partial charge on any atom is 0.228 e. The number of hydrogen-bond acceptors (Lipinski definition) is 1. The maximum atomic E-state index is 12.0. The lowest BCUT2D eigenvalue weighted by atomic mass is 9.80. The van der Waals surface area contributed by atoms with E-state index in [-0.39, 0.29) is 5.41 Å². The predicted molar refractivity (Wildman–Crippen MR) is 54.4 cm³/mol. The molecular formula is C11H21NO. The van der Waals surface area contributed by atoms with Crippen LogP contribution >= 0.6 is 0 Å². The van der Waals surface area contributed by atoms with Gasteiger partial charge in [-0.05, 0) is 18.8 Å². The molecule has 0 radical (unpaired) electrons. The summed E-state index contributed by atoms with van der Waals surface area (Å²) in [5.41, 5.74) is -0.190. The summed E-state index contributed by atoms with van der Waals surface area (Å²) in [4.78, 5) is 14.0. The first-order chi connectivity index (χ1) is 5.96. The van der Waals surface area contributed by atoms with Gasteiger partial charge >= 0.3 is 0 Å². The van der Waals surface area contributed by atoms with Gasteiger partial charge in [-0.25, -0.2) is 0 Å². The molecule has 2 heteroatoms. The Morgan fingerprint density at radius 2 is 1.69 bits per heavy atom. The van der Waals surface area contributed by atoms with Gasteiger partial charge in [0.25, 0.3) is 0 Å². The zero-order valence-corrected chi connectivity index (χ0v) is 9.26. The molecule has 1 aliphatic rings. The topological polar surface area (TPSA) is 20.3 Å². The predicted octanol–water partition coefficient (Wildman–Crippen LogP) is 2.29. The Kier molecular flexibility index (Phi) is 2.99. The van der Waals surface area contributed by atoms with E-state index in [2.05, 4.69) is 27.7 Å². The van der Waals surface area contributed by atoms with Gasteiger partial charge in [-0.1, -0.05) is 27.7 Å². The van der Waals surface area contributed by atoms with Crippen LogP contribution in [-0.2, 0) is 4.79 Å². The smallest absolute Gasteiger partial charge is 0.228 e. The first kappa shape index (κ1) is 10.6. The van der Waals surface area contributed by atoms with Gasteiger partial charge in [-0.2, -0.15) is 0 Å². The largest absolute Gasteiger partial charge is 0.342 e. The standard InChI is InChI=1S/C11H21NO/c1-9(2)11(3,4)10(13)12-7-5-6-8-12/h9H,5-8H2,1-4H3. The van der Waals surface area contributed by atoms with Crippen molar-refractivity contribution >= 4 is 5.91 Å². The van der Waals surface area contributed by atoms with Crippen molar-refractivity contribution in [1.29, 1.82) is 0 Å². The molecule has 1 heterocycles. The summed E-state index contributed by atoms with van der Waals surface area (Å²) in [7, 11) is 0. The molecule has 0 aromatic carbocycles. The fourth-order valence-electron chi connectivity index (χ4n) is 1.57. The van der Waals surface area contributed by atoms with Crippen LogP contribution in [0.15, 0.2) is 0 Å². The molecule has 0 bridgehead atoms. The molecule has 0 N–H and O–H groups in total. The van der Waals surface area contributed by atoms with Crippen molar-refractivity contribution in [1.82, 2.24) is 4.90 Å². The molecule has 0 aromatic heterocycles. The van der Waals surface area contributed by atoms with Crippen LogP contribution in [0.2, 0.25) is 0 Å². The zero-order valence-electron chi connectivity index (χ0n) is 9.26. The van der Waals surface area contributed by atoms with Crippen molar-refractivity contribution in [3.63, 3.8) is 0 Å². The molecule has 0 aliphatic carbocycles. The lowest BCUT2D eigenvalue weighted by molar-refractivity contribution is -0.141. The number of hydrogen-bond donors (Lipinski definition) is 0. The first-order valence-electron chi connectivity index (χ1n) is 5.25. The van der Waals surface area contributed by atoms with E-state index in [9.17, 15) is 4.79 Å². The van der Waals surface area contributed by atoms with Gasteiger partial charge in [-0.15, -0.1) is 0 Å². The molecule has 1 fully saturated rings. The van der Waals surface area contributed by atoms with E-state index in [1.165, 1.54) is 12.8 Å². The average molecular weight is 183 g/mol. The highest BCUT2D eigenvalue weighted by molar-refractivity contribution is 5.82. The third kappa shape index (κ3) is 2.04. The highest BCUT2D eigenvalue weighted by Crippen LogP contribution is 2.29. The van der Waals surface area contributed by atoms with Gasteiger partial charge in [-0.3, -0.25) is 4.79 Å². The van der Waals surface area contributed by atoms with Crippen LogP contribution in [0.5, 0.6) is 0 Å². The Morgan fingerprint density at radius 1 is 1.23 bits per heavy atom. The molecule has 0 spiro atoms. The van der Waals surface area contributed by atoms with Gasteiger partial charge < -0.3 is 4.90 Å². The summed E-state index contributed by atoms with van der Waals surface area (Å²) in [6.07, 6.45) is 2.36. The molecule has 0 aromatic rings. The average Bonchev–Trinajstić information content (AvgIpc) is 2.54. The lowest BCUT2D eigenvalue weighted by Crippen LogP contribution is -2.42. The Labute approximate surface area is 81.3 Å². The maximum absolute atomic E-state index is 12.0. The second-order valence-corrected chi connectivity index (χ2v) is 4.88. The van der Waals surface area contributed by atoms with Crippen LogP contribution in [0.25, 0.3) is 0 Å². The number of carbonyl (C=O) groups excluding carboxylic acids is 1. The fraction of sp³-hybridized carbons (Fsp3) is 0.909. The fourth-order valence-corrected chi connectivity index (χ4v) is 1.57. The van der Waals surface area contributed by atoms with Crippen LogP contribution in [0.4, 0.5) is 0 Å². The SMILES string of the molecule is CC(C)C(C)(C)C(=O)N1CCCC1. The summed E-state index contributed by atoms with van der Waals surface area (Å²) >= 11 is 0. The van der Waals surface area contributed by atoms with Crippen molar-refractivity contribution in [3.8, 4) is 0 Å². The highest BCUT2D eigenvalue weighted by Gasteiger charge is 2.35. The van der Waals surface area contributed by atoms with E-state index in [1.54, 1.807) is 0 Å². The molecule has 1 aliphatic heterocycles. The van der Waals surface area contributed by atoms with E-state index in [1.807, 2.05) is 4.90 Å². The van der Waals surface area contributed by atoms with Crippen LogP contribution in [0.3, 0.4) is 0 Å². The Bertz CT molecular complexity index is 190. The summed E-state index contributed by atoms with van der Waals surface area (Å²) in [6, 6.07) is 0. The monoisotopic (exact) mass is 183 g/mol. The second kappa shape index (κ2) is 3.69.